The molecule has 0 bridgehead atoms. The Hall–Kier alpha value is -1.74. The van der Waals surface area contributed by atoms with E-state index in [0.29, 0.717) is 0 Å². The zero-order valence-corrected chi connectivity index (χ0v) is 7.59. The van der Waals surface area contributed by atoms with E-state index >= 15 is 0 Å². The van der Waals surface area contributed by atoms with Crippen molar-refractivity contribution in [3.63, 3.8) is 0 Å². The molecule has 3 nitrogen and oxygen atoms in total. The van der Waals surface area contributed by atoms with Gasteiger partial charge in [-0.2, -0.15) is 0 Å². The second kappa shape index (κ2) is 3.98. The van der Waals surface area contributed by atoms with E-state index in [9.17, 15) is 0 Å². The molecule has 0 aliphatic rings. The molecule has 70 valence electrons. The molecule has 0 aliphatic heterocycles. The number of rotatable bonds is 2. The minimum atomic E-state index is 0.0541. The molecule has 0 unspecified atom stereocenters. The van der Waals surface area contributed by atoms with Crippen LogP contribution in [0.5, 0.6) is 0 Å². The number of nitrogens with zero attached hydrogens (tertiary/aromatic N) is 2. The van der Waals surface area contributed by atoms with Crippen LogP contribution in [-0.2, 0) is 0 Å². The number of hydrogen-bond acceptors (Lipinski definition) is 3. The quantitative estimate of drug-likeness (QED) is 0.775. The Morgan fingerprint density at radius 2 is 1.93 bits per heavy atom. The number of aromatic nitrogens is 2. The van der Waals surface area contributed by atoms with Crippen LogP contribution in [0.4, 0.5) is 0 Å². The first-order valence-electron chi connectivity index (χ1n) is 4.38. The van der Waals surface area contributed by atoms with Crippen molar-refractivity contribution in [2.45, 2.75) is 0 Å². The zero-order chi connectivity index (χ0) is 9.80. The molecular weight excluding hydrogens is 176 g/mol. The van der Waals surface area contributed by atoms with Crippen LogP contribution in [0.1, 0.15) is 5.56 Å². The number of fused-ring (bicyclic) bond motifs is 1. The van der Waals surface area contributed by atoms with Crippen molar-refractivity contribution in [2.75, 3.05) is 6.61 Å². The Morgan fingerprint density at radius 3 is 2.71 bits per heavy atom. The maximum atomic E-state index is 8.63. The number of aliphatic hydroxyl groups is 1. The Kier molecular flexibility index (Phi) is 2.51. The van der Waals surface area contributed by atoms with Gasteiger partial charge in [0, 0.05) is 12.4 Å². The number of aliphatic hydroxyl groups excluding tert-OH is 1. The van der Waals surface area contributed by atoms with Crippen molar-refractivity contribution in [1.29, 1.82) is 0 Å². The smallest absolute Gasteiger partial charge is 0.0892 e. The van der Waals surface area contributed by atoms with E-state index in [1.165, 1.54) is 0 Å². The van der Waals surface area contributed by atoms with Gasteiger partial charge in [0.25, 0.3) is 0 Å². The monoisotopic (exact) mass is 186 g/mol. The summed E-state index contributed by atoms with van der Waals surface area (Å²) in [6, 6.07) is 5.80. The summed E-state index contributed by atoms with van der Waals surface area (Å²) in [5, 5.41) is 8.63. The van der Waals surface area contributed by atoms with Crippen LogP contribution in [0.2, 0.25) is 0 Å². The highest BCUT2D eigenvalue weighted by Gasteiger charge is 1.94. The normalized spacial score (nSPS) is 11.2. The van der Waals surface area contributed by atoms with E-state index in [2.05, 4.69) is 9.97 Å². The second-order valence-electron chi connectivity index (χ2n) is 2.89. The minimum Gasteiger partial charge on any atom is -0.392 e. The van der Waals surface area contributed by atoms with E-state index in [0.717, 1.165) is 16.6 Å². The van der Waals surface area contributed by atoms with E-state index in [4.69, 9.17) is 5.11 Å². The van der Waals surface area contributed by atoms with Gasteiger partial charge in [0.05, 0.1) is 17.6 Å². The number of hydrogen-bond donors (Lipinski definition) is 1. The van der Waals surface area contributed by atoms with Crippen LogP contribution in [0, 0.1) is 0 Å². The van der Waals surface area contributed by atoms with Gasteiger partial charge in [0.1, 0.15) is 0 Å². The first-order valence-corrected chi connectivity index (χ1v) is 4.38. The predicted octanol–water partition coefficient (Wildman–Crippen LogP) is 1.64. The molecule has 1 N–H and O–H groups in total. The van der Waals surface area contributed by atoms with E-state index in [-0.39, 0.29) is 6.61 Å². The molecule has 0 spiro atoms. The molecule has 0 amide bonds. The highest BCUT2D eigenvalue weighted by molar-refractivity contribution is 5.76. The van der Waals surface area contributed by atoms with Gasteiger partial charge in [-0.1, -0.05) is 18.2 Å². The fourth-order valence-electron chi connectivity index (χ4n) is 1.27. The Labute approximate surface area is 81.8 Å². The van der Waals surface area contributed by atoms with Gasteiger partial charge in [0.15, 0.2) is 0 Å². The summed E-state index contributed by atoms with van der Waals surface area (Å²) in [5.41, 5.74) is 2.77. The lowest BCUT2D eigenvalue weighted by atomic mass is 10.2. The Balaban J connectivity index is 2.46. The molecule has 0 atom stereocenters. The molecule has 14 heavy (non-hydrogen) atoms. The first kappa shape index (κ1) is 8.84. The molecule has 1 heterocycles. The summed E-state index contributed by atoms with van der Waals surface area (Å²) >= 11 is 0. The highest BCUT2D eigenvalue weighted by Crippen LogP contribution is 2.11. The van der Waals surface area contributed by atoms with Gasteiger partial charge < -0.3 is 5.11 Å². The van der Waals surface area contributed by atoms with Gasteiger partial charge in [-0.3, -0.25) is 9.97 Å². The molecule has 0 saturated heterocycles. The lowest BCUT2D eigenvalue weighted by Crippen LogP contribution is -1.82. The van der Waals surface area contributed by atoms with Crippen LogP contribution >= 0.6 is 0 Å². The van der Waals surface area contributed by atoms with Gasteiger partial charge in [-0.05, 0) is 17.7 Å². The third-order valence-electron chi connectivity index (χ3n) is 1.91. The summed E-state index contributed by atoms with van der Waals surface area (Å²) in [4.78, 5) is 8.36. The molecule has 2 aromatic rings. The first-order chi connectivity index (χ1) is 6.90. The highest BCUT2D eigenvalue weighted by atomic mass is 16.2. The average Bonchev–Trinajstić information content (AvgIpc) is 2.26. The van der Waals surface area contributed by atoms with Gasteiger partial charge in [0.2, 0.25) is 0 Å². The van der Waals surface area contributed by atoms with Gasteiger partial charge in [-0.15, -0.1) is 0 Å². The topological polar surface area (TPSA) is 46.0 Å². The van der Waals surface area contributed by atoms with Crippen LogP contribution in [0.3, 0.4) is 0 Å². The fraction of sp³-hybridized carbons (Fsp3) is 0.0909. The third-order valence-corrected chi connectivity index (χ3v) is 1.91. The molecule has 0 saturated carbocycles. The molecule has 0 radical (unpaired) electrons. The molecule has 0 aliphatic carbocycles. The average molecular weight is 186 g/mol. The summed E-state index contributed by atoms with van der Waals surface area (Å²) in [6.07, 6.45) is 6.89. The van der Waals surface area contributed by atoms with E-state index in [1.54, 1.807) is 18.5 Å². The summed E-state index contributed by atoms with van der Waals surface area (Å²) < 4.78 is 0. The van der Waals surface area contributed by atoms with E-state index < -0.39 is 0 Å². The molecule has 0 fully saturated rings. The van der Waals surface area contributed by atoms with Crippen LogP contribution < -0.4 is 0 Å². The third kappa shape index (κ3) is 1.78. The fourth-order valence-corrected chi connectivity index (χ4v) is 1.27. The summed E-state index contributed by atoms with van der Waals surface area (Å²) in [6.45, 7) is 0.0541. The lowest BCUT2D eigenvalue weighted by molar-refractivity contribution is 0.343. The molecule has 1 aromatic carbocycles. The van der Waals surface area contributed by atoms with Crippen LogP contribution in [0.15, 0.2) is 36.7 Å². The van der Waals surface area contributed by atoms with Gasteiger partial charge in [-0.25, -0.2) is 0 Å². The predicted molar refractivity (Wildman–Crippen MR) is 55.7 cm³/mol. The van der Waals surface area contributed by atoms with Gasteiger partial charge >= 0.3 is 0 Å². The zero-order valence-electron chi connectivity index (χ0n) is 7.59. The van der Waals surface area contributed by atoms with Crippen LogP contribution in [0.25, 0.3) is 17.1 Å². The van der Waals surface area contributed by atoms with Crippen molar-refractivity contribution in [3.05, 3.63) is 42.2 Å². The molecule has 1 aromatic heterocycles. The molecule has 2 rings (SSSR count). The lowest BCUT2D eigenvalue weighted by Gasteiger charge is -1.96. The molecular formula is C11H10N2O. The summed E-state index contributed by atoms with van der Waals surface area (Å²) in [7, 11) is 0. The Morgan fingerprint density at radius 1 is 1.14 bits per heavy atom. The molecule has 3 heteroatoms. The van der Waals surface area contributed by atoms with Crippen molar-refractivity contribution >= 4 is 17.1 Å². The largest absolute Gasteiger partial charge is 0.392 e. The number of benzene rings is 1. The Bertz CT molecular complexity index is 466. The standard InChI is InChI=1S/C11H10N2O/c14-7-1-2-9-3-4-10-11(8-9)13-6-5-12-10/h1-6,8,14H,7H2/b2-1+. The second-order valence-corrected chi connectivity index (χ2v) is 2.89. The van der Waals surface area contributed by atoms with Crippen molar-refractivity contribution in [2.24, 2.45) is 0 Å². The van der Waals surface area contributed by atoms with Crippen molar-refractivity contribution in [1.82, 2.24) is 9.97 Å². The minimum absolute atomic E-state index is 0.0541. The summed E-state index contributed by atoms with van der Waals surface area (Å²) in [5.74, 6) is 0. The maximum Gasteiger partial charge on any atom is 0.0892 e. The SMILES string of the molecule is OC/C=C/c1ccc2nccnc2c1. The van der Waals surface area contributed by atoms with Crippen molar-refractivity contribution < 1.29 is 5.11 Å². The van der Waals surface area contributed by atoms with E-state index in [1.807, 2.05) is 24.3 Å². The van der Waals surface area contributed by atoms with Crippen LogP contribution in [-0.4, -0.2) is 21.7 Å². The van der Waals surface area contributed by atoms with Crippen molar-refractivity contribution in [3.8, 4) is 0 Å². The maximum absolute atomic E-state index is 8.63.